The van der Waals surface area contributed by atoms with Crippen LogP contribution in [0.1, 0.15) is 30.2 Å². The first kappa shape index (κ1) is 16.4. The molecule has 1 aliphatic rings. The Labute approximate surface area is 123 Å². The molecule has 0 radical (unpaired) electrons. The lowest BCUT2D eigenvalue weighted by Crippen LogP contribution is -2.48. The minimum atomic E-state index is -0.756. The fourth-order valence-electron chi connectivity index (χ4n) is 2.21. The molecular formula is C12H19ClN2O3S. The van der Waals surface area contributed by atoms with Gasteiger partial charge in [0, 0.05) is 24.2 Å². The molecule has 1 aromatic rings. The number of aryl methyl sites for hydroxylation is 1. The minimum absolute atomic E-state index is 0. The standard InChI is InChI=1S/C12H18N2O3S.ClH/c1-3-9(12(15)16)14-4-5-17-10(6-14)11-13-8(2)7-18-11;/h7,9-10H,3-6H2,1-2H3,(H,15,16);1H. The SMILES string of the molecule is CCC(C(=O)O)N1CCOC(c2nc(C)cs2)C1.Cl. The predicted octanol–water partition coefficient (Wildman–Crippen LogP) is 2.11. The van der Waals surface area contributed by atoms with Crippen LogP contribution in [0.25, 0.3) is 0 Å². The Morgan fingerprint density at radius 3 is 3.00 bits per heavy atom. The first-order valence-corrected chi connectivity index (χ1v) is 7.00. The summed E-state index contributed by atoms with van der Waals surface area (Å²) in [6.07, 6.45) is 0.518. The molecule has 5 nitrogen and oxygen atoms in total. The van der Waals surface area contributed by atoms with E-state index in [1.807, 2.05) is 24.1 Å². The first-order chi connectivity index (χ1) is 8.61. The van der Waals surface area contributed by atoms with Gasteiger partial charge in [-0.1, -0.05) is 6.92 Å². The van der Waals surface area contributed by atoms with Gasteiger partial charge < -0.3 is 9.84 Å². The van der Waals surface area contributed by atoms with Crippen molar-refractivity contribution >= 4 is 29.7 Å². The largest absolute Gasteiger partial charge is 0.480 e. The Hall–Kier alpha value is -0.690. The Bertz CT molecular complexity index is 427. The van der Waals surface area contributed by atoms with Crippen molar-refractivity contribution in [3.8, 4) is 0 Å². The lowest BCUT2D eigenvalue weighted by molar-refractivity contribution is -0.147. The van der Waals surface area contributed by atoms with Gasteiger partial charge in [0.1, 0.15) is 17.2 Å². The molecule has 2 heterocycles. The van der Waals surface area contributed by atoms with Crippen molar-refractivity contribution in [1.82, 2.24) is 9.88 Å². The van der Waals surface area contributed by atoms with E-state index in [0.717, 1.165) is 10.7 Å². The summed E-state index contributed by atoms with van der Waals surface area (Å²) in [4.78, 5) is 17.6. The van der Waals surface area contributed by atoms with E-state index in [9.17, 15) is 9.90 Å². The smallest absolute Gasteiger partial charge is 0.320 e. The monoisotopic (exact) mass is 306 g/mol. The summed E-state index contributed by atoms with van der Waals surface area (Å²) in [7, 11) is 0. The Balaban J connectivity index is 0.00000180. The van der Waals surface area contributed by atoms with Crippen molar-refractivity contribution < 1.29 is 14.6 Å². The molecule has 0 aromatic carbocycles. The van der Waals surface area contributed by atoms with Crippen LogP contribution in [0.5, 0.6) is 0 Å². The van der Waals surface area contributed by atoms with Gasteiger partial charge in [0.15, 0.2) is 0 Å². The molecule has 0 saturated carbocycles. The molecule has 1 fully saturated rings. The predicted molar refractivity (Wildman–Crippen MR) is 76.1 cm³/mol. The quantitative estimate of drug-likeness (QED) is 0.923. The zero-order chi connectivity index (χ0) is 13.1. The molecule has 108 valence electrons. The highest BCUT2D eigenvalue weighted by Gasteiger charge is 2.31. The molecule has 0 bridgehead atoms. The number of carbonyl (C=O) groups is 1. The molecular weight excluding hydrogens is 288 g/mol. The maximum atomic E-state index is 11.2. The van der Waals surface area contributed by atoms with Gasteiger partial charge in [0.05, 0.1) is 6.61 Å². The molecule has 0 amide bonds. The van der Waals surface area contributed by atoms with E-state index in [1.54, 1.807) is 11.3 Å². The Morgan fingerprint density at radius 2 is 2.47 bits per heavy atom. The highest BCUT2D eigenvalue weighted by molar-refractivity contribution is 7.09. The summed E-state index contributed by atoms with van der Waals surface area (Å²) >= 11 is 1.58. The number of carboxylic acids is 1. The van der Waals surface area contributed by atoms with E-state index in [1.165, 1.54) is 0 Å². The van der Waals surface area contributed by atoms with Crippen LogP contribution in [0, 0.1) is 6.92 Å². The number of hydrogen-bond acceptors (Lipinski definition) is 5. The average Bonchev–Trinajstić information content (AvgIpc) is 2.77. The van der Waals surface area contributed by atoms with E-state index in [4.69, 9.17) is 4.74 Å². The number of nitrogens with zero attached hydrogens (tertiary/aromatic N) is 2. The maximum absolute atomic E-state index is 11.2. The van der Waals surface area contributed by atoms with Gasteiger partial charge in [-0.15, -0.1) is 23.7 Å². The second kappa shape index (κ2) is 7.19. The minimum Gasteiger partial charge on any atom is -0.480 e. The summed E-state index contributed by atoms with van der Waals surface area (Å²) in [5.41, 5.74) is 0.987. The molecule has 1 saturated heterocycles. The molecule has 0 aliphatic carbocycles. The van der Waals surface area contributed by atoms with Gasteiger partial charge in [-0.05, 0) is 13.3 Å². The highest BCUT2D eigenvalue weighted by Crippen LogP contribution is 2.26. The van der Waals surface area contributed by atoms with Crippen LogP contribution in [-0.4, -0.2) is 46.7 Å². The molecule has 1 N–H and O–H groups in total. The zero-order valence-corrected chi connectivity index (χ0v) is 12.7. The lowest BCUT2D eigenvalue weighted by atomic mass is 10.1. The van der Waals surface area contributed by atoms with Crippen molar-refractivity contribution in [2.24, 2.45) is 0 Å². The van der Waals surface area contributed by atoms with E-state index < -0.39 is 12.0 Å². The number of thiazole rings is 1. The second-order valence-electron chi connectivity index (χ2n) is 4.44. The van der Waals surface area contributed by atoms with Crippen LogP contribution in [0.4, 0.5) is 0 Å². The third-order valence-corrected chi connectivity index (χ3v) is 4.18. The summed E-state index contributed by atoms with van der Waals surface area (Å²) in [6.45, 7) is 5.69. The third kappa shape index (κ3) is 3.89. The van der Waals surface area contributed by atoms with Crippen LogP contribution < -0.4 is 0 Å². The highest BCUT2D eigenvalue weighted by atomic mass is 35.5. The number of carboxylic acid groups (broad SMARTS) is 1. The fourth-order valence-corrected chi connectivity index (χ4v) is 3.05. The summed E-state index contributed by atoms with van der Waals surface area (Å²) in [6, 6.07) is -0.419. The van der Waals surface area contributed by atoms with Crippen molar-refractivity contribution in [3.05, 3.63) is 16.1 Å². The molecule has 0 spiro atoms. The number of hydrogen-bond donors (Lipinski definition) is 1. The van der Waals surface area contributed by atoms with Gasteiger partial charge in [-0.3, -0.25) is 9.69 Å². The summed E-state index contributed by atoms with van der Waals surface area (Å²) < 4.78 is 5.70. The maximum Gasteiger partial charge on any atom is 0.320 e. The molecule has 19 heavy (non-hydrogen) atoms. The van der Waals surface area contributed by atoms with Gasteiger partial charge in [0.25, 0.3) is 0 Å². The van der Waals surface area contributed by atoms with Crippen LogP contribution in [0.3, 0.4) is 0 Å². The molecule has 7 heteroatoms. The van der Waals surface area contributed by atoms with Crippen molar-refractivity contribution in [2.45, 2.75) is 32.4 Å². The van der Waals surface area contributed by atoms with Crippen LogP contribution >= 0.6 is 23.7 Å². The topological polar surface area (TPSA) is 62.7 Å². The number of aromatic nitrogens is 1. The van der Waals surface area contributed by atoms with Gasteiger partial charge >= 0.3 is 5.97 Å². The molecule has 2 rings (SSSR count). The fraction of sp³-hybridized carbons (Fsp3) is 0.667. The molecule has 1 aliphatic heterocycles. The van der Waals surface area contributed by atoms with Crippen LogP contribution in [0.2, 0.25) is 0 Å². The average molecular weight is 307 g/mol. The Kier molecular flexibility index (Phi) is 6.19. The van der Waals surface area contributed by atoms with Crippen LogP contribution in [-0.2, 0) is 9.53 Å². The molecule has 2 atom stereocenters. The number of aliphatic carboxylic acids is 1. The number of halogens is 1. The first-order valence-electron chi connectivity index (χ1n) is 6.12. The van der Waals surface area contributed by atoms with Crippen LogP contribution in [0.15, 0.2) is 5.38 Å². The van der Waals surface area contributed by atoms with E-state index in [2.05, 4.69) is 4.98 Å². The molecule has 1 aromatic heterocycles. The number of morpholine rings is 1. The Morgan fingerprint density at radius 1 is 1.74 bits per heavy atom. The number of rotatable bonds is 4. The zero-order valence-electron chi connectivity index (χ0n) is 11.0. The van der Waals surface area contributed by atoms with Crippen molar-refractivity contribution in [3.63, 3.8) is 0 Å². The van der Waals surface area contributed by atoms with E-state index in [0.29, 0.717) is 26.1 Å². The lowest BCUT2D eigenvalue weighted by Gasteiger charge is -2.35. The van der Waals surface area contributed by atoms with Gasteiger partial charge in [-0.25, -0.2) is 4.98 Å². The van der Waals surface area contributed by atoms with Crippen molar-refractivity contribution in [1.29, 1.82) is 0 Å². The number of ether oxygens (including phenoxy) is 1. The van der Waals surface area contributed by atoms with Gasteiger partial charge in [-0.2, -0.15) is 0 Å². The third-order valence-electron chi connectivity index (χ3n) is 3.12. The second-order valence-corrected chi connectivity index (χ2v) is 5.33. The van der Waals surface area contributed by atoms with E-state index >= 15 is 0 Å². The molecule has 2 unspecified atom stereocenters. The summed E-state index contributed by atoms with van der Waals surface area (Å²) in [5, 5.41) is 12.1. The van der Waals surface area contributed by atoms with Gasteiger partial charge in [0.2, 0.25) is 0 Å². The van der Waals surface area contributed by atoms with Crippen molar-refractivity contribution in [2.75, 3.05) is 19.7 Å². The normalized spacial score (nSPS) is 21.7. The summed E-state index contributed by atoms with van der Waals surface area (Å²) in [5.74, 6) is -0.756. The van der Waals surface area contributed by atoms with E-state index in [-0.39, 0.29) is 18.5 Å².